The van der Waals surface area contributed by atoms with E-state index in [4.69, 9.17) is 4.74 Å². The van der Waals surface area contributed by atoms with Crippen LogP contribution in [0, 0.1) is 0 Å². The Hall–Kier alpha value is -4.21. The van der Waals surface area contributed by atoms with Gasteiger partial charge in [-0.05, 0) is 49.4 Å². The van der Waals surface area contributed by atoms with Gasteiger partial charge in [-0.3, -0.25) is 9.69 Å². The van der Waals surface area contributed by atoms with E-state index >= 15 is 0 Å². The fourth-order valence-electron chi connectivity index (χ4n) is 5.72. The number of nitrogens with zero attached hydrogens (tertiary/aromatic N) is 3. The van der Waals surface area contributed by atoms with Crippen molar-refractivity contribution in [3.8, 4) is 5.75 Å². The third-order valence-electron chi connectivity index (χ3n) is 7.64. The molecule has 2 atom stereocenters. The Balaban J connectivity index is 1.18. The van der Waals surface area contributed by atoms with Crippen molar-refractivity contribution in [3.63, 3.8) is 0 Å². The highest BCUT2D eigenvalue weighted by molar-refractivity contribution is 5.99. The number of amides is 3. The van der Waals surface area contributed by atoms with Crippen molar-refractivity contribution in [2.24, 2.45) is 0 Å². The molecule has 0 aliphatic carbocycles. The number of piperazine rings is 1. The number of carbonyl (C=O) groups excluding carboxylic acids is 2. The molecule has 3 aromatic carbocycles. The van der Waals surface area contributed by atoms with E-state index in [1.54, 1.807) is 40.1 Å². The van der Waals surface area contributed by atoms with Crippen LogP contribution >= 0.6 is 0 Å². The molecular formula is C29H27F3N4O3. The van der Waals surface area contributed by atoms with Crippen LogP contribution in [-0.4, -0.2) is 48.7 Å². The van der Waals surface area contributed by atoms with E-state index in [0.29, 0.717) is 55.3 Å². The quantitative estimate of drug-likeness (QED) is 0.485. The van der Waals surface area contributed by atoms with E-state index in [0.717, 1.165) is 17.7 Å². The Kier molecular flexibility index (Phi) is 5.93. The Morgan fingerprint density at radius 1 is 0.949 bits per heavy atom. The highest BCUT2D eigenvalue weighted by atomic mass is 19.4. The maximum absolute atomic E-state index is 13.4. The molecule has 2 saturated heterocycles. The van der Waals surface area contributed by atoms with Crippen LogP contribution in [0.4, 0.5) is 29.3 Å². The fraction of sp³-hybridized carbons (Fsp3) is 0.310. The van der Waals surface area contributed by atoms with Gasteiger partial charge in [0, 0.05) is 49.4 Å². The number of rotatable bonds is 3. The van der Waals surface area contributed by atoms with Crippen LogP contribution in [0.5, 0.6) is 5.75 Å². The SMILES string of the molecule is C[C@@]12C[C@@H](NC(=O)N1c1cccc(C(=O)N3CCN(c4cccc(C(F)(F)F)c4)CC3)c1)c1ccccc1O2. The first-order valence-corrected chi connectivity index (χ1v) is 12.8. The second-order valence-corrected chi connectivity index (χ2v) is 10.2. The van der Waals surface area contributed by atoms with Crippen LogP contribution < -0.4 is 19.9 Å². The summed E-state index contributed by atoms with van der Waals surface area (Å²) in [5.41, 5.74) is 0.768. The summed E-state index contributed by atoms with van der Waals surface area (Å²) < 4.78 is 45.7. The lowest BCUT2D eigenvalue weighted by atomic mass is 9.90. The summed E-state index contributed by atoms with van der Waals surface area (Å²) in [7, 11) is 0. The number of urea groups is 1. The monoisotopic (exact) mass is 536 g/mol. The summed E-state index contributed by atoms with van der Waals surface area (Å²) in [4.78, 5) is 31.7. The van der Waals surface area contributed by atoms with E-state index < -0.39 is 17.5 Å². The summed E-state index contributed by atoms with van der Waals surface area (Å²) in [6.07, 6.45) is -3.86. The molecule has 0 radical (unpaired) electrons. The molecule has 2 fully saturated rings. The molecule has 0 unspecified atom stereocenters. The van der Waals surface area contributed by atoms with Gasteiger partial charge in [0.25, 0.3) is 5.91 Å². The lowest BCUT2D eigenvalue weighted by Gasteiger charge is -2.50. The largest absolute Gasteiger partial charge is 0.467 e. The van der Waals surface area contributed by atoms with Gasteiger partial charge in [-0.15, -0.1) is 0 Å². The van der Waals surface area contributed by atoms with Crippen molar-refractivity contribution in [1.82, 2.24) is 10.2 Å². The topological polar surface area (TPSA) is 65.1 Å². The summed E-state index contributed by atoms with van der Waals surface area (Å²) >= 11 is 0. The number of halogens is 3. The van der Waals surface area contributed by atoms with Crippen molar-refractivity contribution >= 4 is 23.3 Å². The molecule has 3 aliphatic heterocycles. The average molecular weight is 537 g/mol. The molecule has 1 N–H and O–H groups in total. The number of anilines is 2. The number of benzene rings is 3. The first-order chi connectivity index (χ1) is 18.6. The number of para-hydroxylation sites is 1. The molecule has 0 saturated carbocycles. The standard InChI is InChI=1S/C29H27F3N4O3/c1-28-18-24(23-10-2-3-11-25(23)39-28)33-27(38)36(28)22-9-4-6-19(16-22)26(37)35-14-12-34(13-15-35)21-8-5-7-20(17-21)29(30,31)32/h2-11,16-17,24H,12-15,18H2,1H3,(H,33,38)/t24-,28-/m1/s1. The van der Waals surface area contributed by atoms with Gasteiger partial charge in [0.05, 0.1) is 17.3 Å². The number of hydrogen-bond acceptors (Lipinski definition) is 4. The van der Waals surface area contributed by atoms with Gasteiger partial charge < -0.3 is 19.9 Å². The van der Waals surface area contributed by atoms with Crippen molar-refractivity contribution < 1.29 is 27.5 Å². The molecule has 3 aromatic rings. The van der Waals surface area contributed by atoms with E-state index in [1.807, 2.05) is 36.1 Å². The van der Waals surface area contributed by atoms with Crippen LogP contribution in [0.2, 0.25) is 0 Å². The molecule has 7 nitrogen and oxygen atoms in total. The smallest absolute Gasteiger partial charge is 0.416 e. The third kappa shape index (κ3) is 4.53. The molecule has 0 spiro atoms. The number of fused-ring (bicyclic) bond motifs is 4. The third-order valence-corrected chi connectivity index (χ3v) is 7.64. The van der Waals surface area contributed by atoms with E-state index in [1.165, 1.54) is 6.07 Å². The Labute approximate surface area is 223 Å². The van der Waals surface area contributed by atoms with Gasteiger partial charge in [0.15, 0.2) is 5.72 Å². The minimum atomic E-state index is -4.41. The van der Waals surface area contributed by atoms with Crippen LogP contribution in [0.15, 0.2) is 72.8 Å². The summed E-state index contributed by atoms with van der Waals surface area (Å²) in [5.74, 6) is 0.517. The van der Waals surface area contributed by atoms with Gasteiger partial charge in [-0.2, -0.15) is 13.2 Å². The number of alkyl halides is 3. The maximum Gasteiger partial charge on any atom is 0.416 e. The van der Waals surface area contributed by atoms with Gasteiger partial charge in [-0.1, -0.05) is 30.3 Å². The molecule has 0 aromatic heterocycles. The van der Waals surface area contributed by atoms with Crippen LogP contribution in [-0.2, 0) is 6.18 Å². The number of hydrogen-bond donors (Lipinski definition) is 1. The highest BCUT2D eigenvalue weighted by Gasteiger charge is 2.49. The molecule has 6 rings (SSSR count). The first kappa shape index (κ1) is 25.1. The van der Waals surface area contributed by atoms with E-state index in [9.17, 15) is 22.8 Å². The van der Waals surface area contributed by atoms with Gasteiger partial charge in [0.2, 0.25) is 0 Å². The summed E-state index contributed by atoms with van der Waals surface area (Å²) in [5, 5.41) is 3.06. The minimum absolute atomic E-state index is 0.165. The zero-order valence-electron chi connectivity index (χ0n) is 21.2. The lowest BCUT2D eigenvalue weighted by Crippen LogP contribution is -2.65. The second-order valence-electron chi connectivity index (χ2n) is 10.2. The Morgan fingerprint density at radius 2 is 1.67 bits per heavy atom. The molecule has 2 bridgehead atoms. The van der Waals surface area contributed by atoms with Crippen LogP contribution in [0.3, 0.4) is 0 Å². The zero-order chi connectivity index (χ0) is 27.4. The van der Waals surface area contributed by atoms with E-state index in [-0.39, 0.29) is 18.0 Å². The van der Waals surface area contributed by atoms with Crippen molar-refractivity contribution in [1.29, 1.82) is 0 Å². The molecular weight excluding hydrogens is 509 g/mol. The van der Waals surface area contributed by atoms with Crippen molar-refractivity contribution in [2.75, 3.05) is 36.0 Å². The van der Waals surface area contributed by atoms with Gasteiger partial charge in [0.1, 0.15) is 5.75 Å². The average Bonchev–Trinajstić information content (AvgIpc) is 2.92. The minimum Gasteiger partial charge on any atom is -0.467 e. The first-order valence-electron chi connectivity index (χ1n) is 12.8. The molecule has 10 heteroatoms. The molecule has 3 amide bonds. The van der Waals surface area contributed by atoms with Crippen molar-refractivity contribution in [2.45, 2.75) is 31.3 Å². The second kappa shape index (κ2) is 9.21. The molecule has 202 valence electrons. The predicted octanol–water partition coefficient (Wildman–Crippen LogP) is 5.44. The normalized spacial score (nSPS) is 22.6. The zero-order valence-corrected chi connectivity index (χ0v) is 21.2. The van der Waals surface area contributed by atoms with Gasteiger partial charge in [-0.25, -0.2) is 4.79 Å². The fourth-order valence-corrected chi connectivity index (χ4v) is 5.72. The molecule has 39 heavy (non-hydrogen) atoms. The lowest BCUT2D eigenvalue weighted by molar-refractivity contribution is -0.137. The molecule has 3 aliphatic rings. The number of nitrogens with one attached hydrogen (secondary N) is 1. The van der Waals surface area contributed by atoms with Crippen molar-refractivity contribution in [3.05, 3.63) is 89.5 Å². The summed E-state index contributed by atoms with van der Waals surface area (Å²) in [6, 6.07) is 19.3. The maximum atomic E-state index is 13.4. The van der Waals surface area contributed by atoms with Crippen LogP contribution in [0.25, 0.3) is 0 Å². The predicted molar refractivity (Wildman–Crippen MR) is 140 cm³/mol. The highest BCUT2D eigenvalue weighted by Crippen LogP contribution is 2.45. The summed E-state index contributed by atoms with van der Waals surface area (Å²) in [6.45, 7) is 3.42. The van der Waals surface area contributed by atoms with Crippen LogP contribution in [0.1, 0.15) is 40.9 Å². The molecule has 3 heterocycles. The van der Waals surface area contributed by atoms with Gasteiger partial charge >= 0.3 is 12.2 Å². The Morgan fingerprint density at radius 3 is 2.44 bits per heavy atom. The number of carbonyl (C=O) groups is 2. The number of ether oxygens (including phenoxy) is 1. The Bertz CT molecular complexity index is 1440. The van der Waals surface area contributed by atoms with E-state index in [2.05, 4.69) is 5.32 Å².